The van der Waals surface area contributed by atoms with Crippen LogP contribution in [0.1, 0.15) is 24.8 Å². The highest BCUT2D eigenvalue weighted by molar-refractivity contribution is 7.89. The van der Waals surface area contributed by atoms with E-state index in [1.165, 1.54) is 19.3 Å². The lowest BCUT2D eigenvalue weighted by Crippen LogP contribution is -2.33. The van der Waals surface area contributed by atoms with Crippen molar-refractivity contribution >= 4 is 10.0 Å². The van der Waals surface area contributed by atoms with E-state index in [1.807, 2.05) is 13.0 Å². The van der Waals surface area contributed by atoms with Crippen LogP contribution < -0.4 is 9.88 Å². The van der Waals surface area contributed by atoms with Gasteiger partial charge in [0, 0.05) is 6.54 Å². The van der Waals surface area contributed by atoms with Crippen LogP contribution in [0.2, 0.25) is 0 Å². The summed E-state index contributed by atoms with van der Waals surface area (Å²) in [7, 11) is -3.75. The molecule has 2 rings (SSSR count). The van der Waals surface area contributed by atoms with Crippen LogP contribution in [0.4, 0.5) is 0 Å². The third-order valence-corrected chi connectivity index (χ3v) is 4.45. The van der Waals surface area contributed by atoms with Crippen molar-refractivity contribution in [3.8, 4) is 5.75 Å². The SMILES string of the molecule is Cc1ccc(OCCN2CCCCC2)c(S(N)(=O)=O)c1. The number of primary sulfonamides is 1. The van der Waals surface area contributed by atoms with Gasteiger partial charge >= 0.3 is 0 Å². The number of aryl methyl sites for hydroxylation is 1. The number of benzene rings is 1. The van der Waals surface area contributed by atoms with Gasteiger partial charge in [-0.15, -0.1) is 0 Å². The van der Waals surface area contributed by atoms with Crippen LogP contribution in [0.5, 0.6) is 5.75 Å². The molecule has 1 aliphatic rings. The predicted octanol–water partition coefficient (Wildman–Crippen LogP) is 1.51. The minimum atomic E-state index is -3.75. The zero-order valence-corrected chi connectivity index (χ0v) is 12.7. The van der Waals surface area contributed by atoms with Crippen molar-refractivity contribution in [2.75, 3.05) is 26.2 Å². The van der Waals surface area contributed by atoms with E-state index in [-0.39, 0.29) is 4.90 Å². The normalized spacial score (nSPS) is 17.1. The topological polar surface area (TPSA) is 72.6 Å². The van der Waals surface area contributed by atoms with Crippen LogP contribution >= 0.6 is 0 Å². The van der Waals surface area contributed by atoms with Gasteiger partial charge in [0.15, 0.2) is 0 Å². The molecule has 1 fully saturated rings. The molecule has 2 N–H and O–H groups in total. The second-order valence-corrected chi connectivity index (χ2v) is 6.78. The molecule has 0 saturated carbocycles. The third kappa shape index (κ3) is 4.19. The second kappa shape index (κ2) is 6.56. The molecule has 1 aromatic rings. The predicted molar refractivity (Wildman–Crippen MR) is 78.3 cm³/mol. The highest BCUT2D eigenvalue weighted by Crippen LogP contribution is 2.23. The van der Waals surface area contributed by atoms with Crippen LogP contribution in [0.3, 0.4) is 0 Å². The zero-order chi connectivity index (χ0) is 14.6. The molecule has 112 valence electrons. The summed E-state index contributed by atoms with van der Waals surface area (Å²) >= 11 is 0. The molecule has 1 aromatic carbocycles. The molecule has 0 amide bonds. The van der Waals surface area contributed by atoms with Crippen LogP contribution in [-0.2, 0) is 10.0 Å². The van der Waals surface area contributed by atoms with Crippen molar-refractivity contribution in [2.24, 2.45) is 5.14 Å². The van der Waals surface area contributed by atoms with Crippen molar-refractivity contribution in [1.29, 1.82) is 0 Å². The first-order valence-corrected chi connectivity index (χ1v) is 8.50. The molecular formula is C14H22N2O3S. The molecule has 0 aliphatic carbocycles. The molecule has 0 spiro atoms. The van der Waals surface area contributed by atoms with Gasteiger partial charge in [-0.1, -0.05) is 12.5 Å². The molecule has 1 saturated heterocycles. The average molecular weight is 298 g/mol. The lowest BCUT2D eigenvalue weighted by atomic mass is 10.1. The Labute approximate surface area is 120 Å². The lowest BCUT2D eigenvalue weighted by molar-refractivity contribution is 0.181. The summed E-state index contributed by atoms with van der Waals surface area (Å²) in [4.78, 5) is 2.41. The Balaban J connectivity index is 1.98. The summed E-state index contributed by atoms with van der Waals surface area (Å²) in [6, 6.07) is 5.04. The van der Waals surface area contributed by atoms with Crippen molar-refractivity contribution in [1.82, 2.24) is 4.90 Å². The molecule has 6 heteroatoms. The Morgan fingerprint density at radius 1 is 1.25 bits per heavy atom. The smallest absolute Gasteiger partial charge is 0.241 e. The first-order chi connectivity index (χ1) is 9.47. The monoisotopic (exact) mass is 298 g/mol. The van der Waals surface area contributed by atoms with Gasteiger partial charge in [-0.2, -0.15) is 0 Å². The molecule has 0 aromatic heterocycles. The fourth-order valence-electron chi connectivity index (χ4n) is 2.42. The van der Waals surface area contributed by atoms with E-state index in [4.69, 9.17) is 9.88 Å². The second-order valence-electron chi connectivity index (χ2n) is 5.25. The average Bonchev–Trinajstić information content (AvgIpc) is 2.40. The minimum absolute atomic E-state index is 0.0659. The minimum Gasteiger partial charge on any atom is -0.491 e. The van der Waals surface area contributed by atoms with Crippen LogP contribution in [-0.4, -0.2) is 39.6 Å². The number of nitrogens with zero attached hydrogens (tertiary/aromatic N) is 1. The summed E-state index contributed by atoms with van der Waals surface area (Å²) in [5, 5.41) is 5.22. The number of hydrogen-bond donors (Lipinski definition) is 1. The number of rotatable bonds is 5. The van der Waals surface area contributed by atoms with Crippen LogP contribution in [0.15, 0.2) is 23.1 Å². The lowest BCUT2D eigenvalue weighted by Gasteiger charge is -2.26. The maximum absolute atomic E-state index is 11.6. The number of sulfonamides is 1. The number of nitrogens with two attached hydrogens (primary N) is 1. The van der Waals surface area contributed by atoms with Crippen LogP contribution in [0, 0.1) is 6.92 Å². The highest BCUT2D eigenvalue weighted by Gasteiger charge is 2.16. The van der Waals surface area contributed by atoms with Gasteiger partial charge in [0.1, 0.15) is 17.3 Å². The van der Waals surface area contributed by atoms with Crippen molar-refractivity contribution in [2.45, 2.75) is 31.1 Å². The van der Waals surface area contributed by atoms with E-state index in [0.717, 1.165) is 25.2 Å². The Morgan fingerprint density at radius 2 is 1.95 bits per heavy atom. The summed E-state index contributed by atoms with van der Waals surface area (Å²) < 4.78 is 28.7. The zero-order valence-electron chi connectivity index (χ0n) is 11.8. The van der Waals surface area contributed by atoms with E-state index in [0.29, 0.717) is 12.4 Å². The third-order valence-electron chi connectivity index (χ3n) is 3.52. The molecule has 1 aliphatic heterocycles. The molecule has 1 heterocycles. The van der Waals surface area contributed by atoms with Gasteiger partial charge in [0.05, 0.1) is 0 Å². The van der Waals surface area contributed by atoms with E-state index in [9.17, 15) is 8.42 Å². The molecule has 0 unspecified atom stereocenters. The van der Waals surface area contributed by atoms with E-state index >= 15 is 0 Å². The molecule has 20 heavy (non-hydrogen) atoms. The Morgan fingerprint density at radius 3 is 2.60 bits per heavy atom. The number of piperidine rings is 1. The quantitative estimate of drug-likeness (QED) is 0.894. The highest BCUT2D eigenvalue weighted by atomic mass is 32.2. The summed E-state index contributed by atoms with van der Waals surface area (Å²) in [6.45, 7) is 5.31. The first-order valence-electron chi connectivity index (χ1n) is 6.95. The molecule has 0 atom stereocenters. The molecule has 0 radical (unpaired) electrons. The van der Waals surface area contributed by atoms with Gasteiger partial charge in [-0.3, -0.25) is 4.90 Å². The van der Waals surface area contributed by atoms with Crippen molar-refractivity contribution < 1.29 is 13.2 Å². The van der Waals surface area contributed by atoms with Gasteiger partial charge in [0.25, 0.3) is 0 Å². The van der Waals surface area contributed by atoms with Crippen molar-refractivity contribution in [3.05, 3.63) is 23.8 Å². The van der Waals surface area contributed by atoms with Gasteiger partial charge in [0.2, 0.25) is 10.0 Å². The molecular weight excluding hydrogens is 276 g/mol. The van der Waals surface area contributed by atoms with E-state index in [2.05, 4.69) is 4.90 Å². The van der Waals surface area contributed by atoms with Gasteiger partial charge in [-0.25, -0.2) is 13.6 Å². The fourth-order valence-corrected chi connectivity index (χ4v) is 3.18. The summed E-state index contributed by atoms with van der Waals surface area (Å²) in [6.07, 6.45) is 3.75. The maximum Gasteiger partial charge on any atom is 0.241 e. The Bertz CT molecular complexity index is 552. The summed E-state index contributed by atoms with van der Waals surface area (Å²) in [5.41, 5.74) is 0.845. The standard InChI is InChI=1S/C14H22N2O3S/c1-12-5-6-13(14(11-12)20(15,17)18)19-10-9-16-7-3-2-4-8-16/h5-6,11H,2-4,7-10H2,1H3,(H2,15,17,18). The first kappa shape index (κ1) is 15.3. The molecule has 0 bridgehead atoms. The van der Waals surface area contributed by atoms with Gasteiger partial charge in [-0.05, 0) is 50.6 Å². The Hall–Kier alpha value is -1.11. The largest absolute Gasteiger partial charge is 0.491 e. The molecule has 5 nitrogen and oxygen atoms in total. The number of likely N-dealkylation sites (tertiary alicyclic amines) is 1. The maximum atomic E-state index is 11.6. The van der Waals surface area contributed by atoms with Crippen LogP contribution in [0.25, 0.3) is 0 Å². The summed E-state index contributed by atoms with van der Waals surface area (Å²) in [5.74, 6) is 0.343. The van der Waals surface area contributed by atoms with Gasteiger partial charge < -0.3 is 4.74 Å². The van der Waals surface area contributed by atoms with E-state index in [1.54, 1.807) is 12.1 Å². The Kier molecular flexibility index (Phi) is 5.01. The van der Waals surface area contributed by atoms with Crippen molar-refractivity contribution in [3.63, 3.8) is 0 Å². The number of ether oxygens (including phenoxy) is 1. The fraction of sp³-hybridized carbons (Fsp3) is 0.571. The number of hydrogen-bond acceptors (Lipinski definition) is 4. The van der Waals surface area contributed by atoms with E-state index < -0.39 is 10.0 Å².